The first-order valence-corrected chi connectivity index (χ1v) is 8.65. The van der Waals surface area contributed by atoms with Crippen molar-refractivity contribution in [3.8, 4) is 0 Å². The number of nitrogens with two attached hydrogens (primary N) is 1. The molecule has 2 rings (SSSR count). The van der Waals surface area contributed by atoms with Gasteiger partial charge in [-0.3, -0.25) is 14.3 Å². The number of aliphatic hydroxyl groups excluding tert-OH is 1. The molecule has 14 heteroatoms. The van der Waals surface area contributed by atoms with Crippen LogP contribution in [-0.2, 0) is 9.09 Å². The maximum absolute atomic E-state index is 11.8. The van der Waals surface area contributed by atoms with E-state index in [0.717, 1.165) is 0 Å². The fourth-order valence-electron chi connectivity index (χ4n) is 1.69. The average Bonchev–Trinajstić information content (AvgIpc) is 2.50. The van der Waals surface area contributed by atoms with Gasteiger partial charge in [0.1, 0.15) is 11.8 Å². The van der Waals surface area contributed by atoms with Crippen LogP contribution in [0.4, 0.5) is 17.5 Å². The van der Waals surface area contributed by atoms with Crippen LogP contribution >= 0.6 is 33.1 Å². The molecule has 0 radical (unpaired) electrons. The van der Waals surface area contributed by atoms with Gasteiger partial charge in [-0.05, 0) is 0 Å². The summed E-state index contributed by atoms with van der Waals surface area (Å²) in [5.74, 6) is 0.138. The van der Waals surface area contributed by atoms with Crippen molar-refractivity contribution in [2.24, 2.45) is 0 Å². The molecule has 0 aromatic carbocycles. The number of fused-ring (bicyclic) bond motifs is 1. The second-order valence-electron chi connectivity index (χ2n) is 4.54. The molecule has 1 aliphatic heterocycles. The second-order valence-corrected chi connectivity index (χ2v) is 6.71. The lowest BCUT2D eigenvalue weighted by molar-refractivity contribution is 0.111. The zero-order chi connectivity index (χ0) is 18.1. The number of hydrogen-bond donors (Lipinski definition) is 9. The average molecular weight is 395 g/mol. The van der Waals surface area contributed by atoms with Crippen LogP contribution in [0, 0.1) is 0 Å². The zero-order valence-corrected chi connectivity index (χ0v) is 14.5. The Kier molecular flexibility index (Phi) is 5.65. The van der Waals surface area contributed by atoms with Crippen molar-refractivity contribution in [1.82, 2.24) is 9.97 Å². The molecule has 0 bridgehead atoms. The zero-order valence-electron chi connectivity index (χ0n) is 11.8. The molecule has 0 fully saturated rings. The molecule has 24 heavy (non-hydrogen) atoms. The highest BCUT2D eigenvalue weighted by Crippen LogP contribution is 2.37. The van der Waals surface area contributed by atoms with Crippen LogP contribution < -0.4 is 21.9 Å². The Bertz CT molecular complexity index is 818. The summed E-state index contributed by atoms with van der Waals surface area (Å²) in [5.41, 5.74) is 5.25. The number of thiol groups is 2. The van der Waals surface area contributed by atoms with Crippen molar-refractivity contribution in [2.75, 3.05) is 23.0 Å². The van der Waals surface area contributed by atoms with Crippen LogP contribution in [0.25, 0.3) is 0 Å². The minimum atomic E-state index is -4.73. The molecule has 132 valence electrons. The maximum atomic E-state index is 11.8. The predicted molar refractivity (Wildman–Crippen MR) is 93.6 cm³/mol. The van der Waals surface area contributed by atoms with Gasteiger partial charge in [-0.2, -0.15) is 4.98 Å². The topological polar surface area (TPSA) is 183 Å². The smallest absolute Gasteiger partial charge is 0.385 e. The van der Waals surface area contributed by atoms with Gasteiger partial charge >= 0.3 is 7.82 Å². The van der Waals surface area contributed by atoms with Crippen LogP contribution in [0.1, 0.15) is 0 Å². The largest absolute Gasteiger partial charge is 0.469 e. The summed E-state index contributed by atoms with van der Waals surface area (Å²) in [4.78, 5) is 35.4. The van der Waals surface area contributed by atoms with Crippen molar-refractivity contribution in [2.45, 2.75) is 6.10 Å². The van der Waals surface area contributed by atoms with Crippen molar-refractivity contribution in [3.63, 3.8) is 0 Å². The Labute approximate surface area is 146 Å². The Balaban J connectivity index is 2.20. The number of phosphoric ester groups is 1. The number of rotatable bonds is 5. The molecule has 0 spiro atoms. The molecular formula is C10H14N5O6PS2. The lowest BCUT2D eigenvalue weighted by atomic mass is 10.2. The van der Waals surface area contributed by atoms with Gasteiger partial charge in [0.05, 0.1) is 12.3 Å². The highest BCUT2D eigenvalue weighted by Gasteiger charge is 2.22. The van der Waals surface area contributed by atoms with E-state index in [4.69, 9.17) is 15.5 Å². The summed E-state index contributed by atoms with van der Waals surface area (Å²) in [7, 11) is -4.73. The maximum Gasteiger partial charge on any atom is 0.469 e. The fraction of sp³-hybridized carbons (Fsp3) is 0.200. The molecule has 1 aromatic heterocycles. The minimum Gasteiger partial charge on any atom is -0.385 e. The minimum absolute atomic E-state index is 0.0318. The number of aliphatic hydroxyl groups is 1. The van der Waals surface area contributed by atoms with E-state index < -0.39 is 26.1 Å². The van der Waals surface area contributed by atoms with Gasteiger partial charge in [0, 0.05) is 16.0 Å². The quantitative estimate of drug-likeness (QED) is 0.234. The molecule has 0 amide bonds. The molecule has 0 saturated carbocycles. The van der Waals surface area contributed by atoms with E-state index in [0.29, 0.717) is 0 Å². The third-order valence-corrected chi connectivity index (χ3v) is 4.43. The molecule has 8 N–H and O–H groups in total. The van der Waals surface area contributed by atoms with Crippen LogP contribution in [0.2, 0.25) is 0 Å². The standard InChI is InChI=1S/C10H14N5O6PS2/c11-10-14-8-5(9(17)15-10)13-3(1-12-8)6(23)7(24)4(16)2-21-22(18,19)20/h1,4,13,16,23-24H,2H2,(H2,18,19,20)(H4,11,12,14,15,17)/b7-6+. The van der Waals surface area contributed by atoms with Crippen molar-refractivity contribution < 1.29 is 24.0 Å². The van der Waals surface area contributed by atoms with Gasteiger partial charge in [-0.1, -0.05) is 0 Å². The van der Waals surface area contributed by atoms with E-state index in [1.807, 2.05) is 0 Å². The van der Waals surface area contributed by atoms with Crippen molar-refractivity contribution >= 4 is 50.5 Å². The van der Waals surface area contributed by atoms with Gasteiger partial charge in [0.25, 0.3) is 5.56 Å². The summed E-state index contributed by atoms with van der Waals surface area (Å²) < 4.78 is 14.8. The van der Waals surface area contributed by atoms with Gasteiger partial charge in [-0.15, -0.1) is 25.3 Å². The number of hydrogen-bond acceptors (Lipinski definition) is 10. The fourth-order valence-corrected chi connectivity index (χ4v) is 2.49. The first-order valence-electron chi connectivity index (χ1n) is 6.22. The number of phosphoric acid groups is 1. The summed E-state index contributed by atoms with van der Waals surface area (Å²) in [6.45, 7) is -0.691. The number of aromatic nitrogens is 2. The summed E-state index contributed by atoms with van der Waals surface area (Å²) in [5, 5.41) is 15.3. The molecule has 1 aromatic rings. The molecule has 2 heterocycles. The first-order chi connectivity index (χ1) is 11.1. The Morgan fingerprint density at radius 3 is 2.75 bits per heavy atom. The molecule has 1 unspecified atom stereocenters. The lowest BCUT2D eigenvalue weighted by Crippen LogP contribution is -2.24. The van der Waals surface area contributed by atoms with Gasteiger partial charge in [0.15, 0.2) is 5.82 Å². The summed E-state index contributed by atoms with van der Waals surface area (Å²) >= 11 is 8.25. The number of nitrogen functional groups attached to an aromatic ring is 1. The Morgan fingerprint density at radius 1 is 1.46 bits per heavy atom. The monoisotopic (exact) mass is 395 g/mol. The molecule has 11 nitrogen and oxygen atoms in total. The Morgan fingerprint density at radius 2 is 2.12 bits per heavy atom. The number of aromatic amines is 1. The van der Waals surface area contributed by atoms with Gasteiger partial charge < -0.3 is 31.3 Å². The lowest BCUT2D eigenvalue weighted by Gasteiger charge is -2.21. The number of anilines is 3. The van der Waals surface area contributed by atoms with Gasteiger partial charge in [0.2, 0.25) is 5.95 Å². The van der Waals surface area contributed by atoms with Crippen LogP contribution in [0.15, 0.2) is 26.5 Å². The van der Waals surface area contributed by atoms with E-state index in [2.05, 4.69) is 50.4 Å². The third kappa shape index (κ3) is 4.54. The molecule has 0 saturated heterocycles. The first kappa shape index (κ1) is 18.9. The molecule has 1 atom stereocenters. The summed E-state index contributed by atoms with van der Waals surface area (Å²) in [6.07, 6.45) is -0.0380. The van der Waals surface area contributed by atoms with E-state index >= 15 is 0 Å². The van der Waals surface area contributed by atoms with E-state index in [1.54, 1.807) is 0 Å². The van der Waals surface area contributed by atoms with E-state index in [-0.39, 0.29) is 33.0 Å². The van der Waals surface area contributed by atoms with Crippen LogP contribution in [0.5, 0.6) is 0 Å². The third-order valence-electron chi connectivity index (χ3n) is 2.76. The second kappa shape index (κ2) is 7.19. The molecule has 0 aliphatic carbocycles. The Hall–Kier alpha value is -1.47. The molecular weight excluding hydrogens is 381 g/mol. The SMILES string of the molecule is Nc1nc2c(c(=O)[nH]1)NC(/C(S)=C(\S)C(O)COP(=O)(O)O)=CN2. The number of nitrogens with zero attached hydrogens (tertiary/aromatic N) is 1. The van der Waals surface area contributed by atoms with Gasteiger partial charge in [-0.25, -0.2) is 4.57 Å². The number of nitrogens with one attached hydrogen (secondary N) is 3. The number of H-pyrrole nitrogens is 1. The highest BCUT2D eigenvalue weighted by molar-refractivity contribution is 7.88. The van der Waals surface area contributed by atoms with E-state index in [9.17, 15) is 14.5 Å². The predicted octanol–water partition coefficient (Wildman–Crippen LogP) is -0.428. The molecule has 1 aliphatic rings. The van der Waals surface area contributed by atoms with Crippen LogP contribution in [0.3, 0.4) is 0 Å². The summed E-state index contributed by atoms with van der Waals surface area (Å²) in [6, 6.07) is 0. The normalized spacial score (nSPS) is 16.3. The van der Waals surface area contributed by atoms with E-state index in [1.165, 1.54) is 6.20 Å². The van der Waals surface area contributed by atoms with Crippen molar-refractivity contribution in [1.29, 1.82) is 0 Å². The highest BCUT2D eigenvalue weighted by atomic mass is 32.1. The van der Waals surface area contributed by atoms with Crippen molar-refractivity contribution in [3.05, 3.63) is 32.1 Å². The van der Waals surface area contributed by atoms with Crippen LogP contribution in [-0.4, -0.2) is 37.6 Å².